The third kappa shape index (κ3) is 4.55. The fourth-order valence-corrected chi connectivity index (χ4v) is 4.12. The molecule has 0 unspecified atom stereocenters. The first-order valence-corrected chi connectivity index (χ1v) is 9.96. The van der Waals surface area contributed by atoms with E-state index in [0.29, 0.717) is 38.2 Å². The van der Waals surface area contributed by atoms with Crippen LogP contribution in [0, 0.1) is 13.8 Å². The van der Waals surface area contributed by atoms with E-state index in [-0.39, 0.29) is 25.0 Å². The van der Waals surface area contributed by atoms with E-state index in [0.717, 1.165) is 5.56 Å². The van der Waals surface area contributed by atoms with E-state index < -0.39 is 0 Å². The number of carbonyl (C=O) groups is 2. The Labute approximate surface area is 178 Å². The second-order valence-electron chi connectivity index (χ2n) is 6.75. The number of methoxy groups -OCH3 is 2. The SMILES string of the molecule is COCc1nc(OC)c2c(C)c(C(=O)N(C)CC(=O)Nc3cc(C)ccn3)sc2n1. The van der Waals surface area contributed by atoms with Gasteiger partial charge < -0.3 is 19.7 Å². The highest BCUT2D eigenvalue weighted by molar-refractivity contribution is 7.20. The summed E-state index contributed by atoms with van der Waals surface area (Å²) in [5.74, 6) is 0.705. The van der Waals surface area contributed by atoms with Crippen molar-refractivity contribution in [3.8, 4) is 5.88 Å². The molecule has 0 atom stereocenters. The molecule has 0 fully saturated rings. The lowest BCUT2D eigenvalue weighted by molar-refractivity contribution is -0.116. The first-order valence-electron chi connectivity index (χ1n) is 9.15. The number of aromatic nitrogens is 3. The second-order valence-corrected chi connectivity index (χ2v) is 7.75. The van der Waals surface area contributed by atoms with Gasteiger partial charge in [-0.1, -0.05) is 0 Å². The molecule has 3 aromatic heterocycles. The number of likely N-dealkylation sites (N-methyl/N-ethyl adjacent to an activating group) is 1. The quantitative estimate of drug-likeness (QED) is 0.615. The van der Waals surface area contributed by atoms with Crippen molar-refractivity contribution in [2.75, 3.05) is 33.1 Å². The third-order valence-corrected chi connectivity index (χ3v) is 5.55. The lowest BCUT2D eigenvalue weighted by Gasteiger charge is -2.16. The van der Waals surface area contributed by atoms with E-state index in [1.807, 2.05) is 19.9 Å². The Hall–Kier alpha value is -3.11. The maximum atomic E-state index is 13.0. The van der Waals surface area contributed by atoms with Crippen molar-refractivity contribution in [2.45, 2.75) is 20.5 Å². The number of anilines is 1. The molecule has 1 N–H and O–H groups in total. The van der Waals surface area contributed by atoms with E-state index in [2.05, 4.69) is 20.3 Å². The molecule has 3 aromatic rings. The molecule has 0 bridgehead atoms. The standard InChI is InChI=1S/C20H23N5O4S/c1-11-6-7-21-13(8-11)22-15(26)9-25(3)20(27)17-12(2)16-18(29-5)23-14(10-28-4)24-19(16)30-17/h6-8H,9-10H2,1-5H3,(H,21,22,26). The number of nitrogens with zero attached hydrogens (tertiary/aromatic N) is 4. The molecular formula is C20H23N5O4S. The van der Waals surface area contributed by atoms with Crippen molar-refractivity contribution in [2.24, 2.45) is 0 Å². The van der Waals surface area contributed by atoms with Gasteiger partial charge in [0.25, 0.3) is 5.91 Å². The zero-order chi connectivity index (χ0) is 21.8. The summed E-state index contributed by atoms with van der Waals surface area (Å²) in [7, 11) is 4.66. The molecule has 158 valence electrons. The molecule has 9 nitrogen and oxygen atoms in total. The van der Waals surface area contributed by atoms with Crippen molar-refractivity contribution in [1.82, 2.24) is 19.9 Å². The highest BCUT2D eigenvalue weighted by Gasteiger charge is 2.24. The predicted molar refractivity (Wildman–Crippen MR) is 114 cm³/mol. The summed E-state index contributed by atoms with van der Waals surface area (Å²) in [5, 5.41) is 3.39. The van der Waals surface area contributed by atoms with Gasteiger partial charge in [-0.05, 0) is 37.1 Å². The van der Waals surface area contributed by atoms with Gasteiger partial charge in [-0.25, -0.2) is 9.97 Å². The number of thiophene rings is 1. The van der Waals surface area contributed by atoms with E-state index in [4.69, 9.17) is 9.47 Å². The Morgan fingerprint density at radius 3 is 2.67 bits per heavy atom. The van der Waals surface area contributed by atoms with Gasteiger partial charge in [0.05, 0.1) is 23.9 Å². The normalized spacial score (nSPS) is 10.8. The Bertz CT molecular complexity index is 1100. The van der Waals surface area contributed by atoms with Crippen LogP contribution in [0.25, 0.3) is 10.2 Å². The first kappa shape index (κ1) is 21.6. The smallest absolute Gasteiger partial charge is 0.264 e. The van der Waals surface area contributed by atoms with E-state index in [9.17, 15) is 9.59 Å². The minimum atomic E-state index is -0.331. The Balaban J connectivity index is 1.81. The number of amides is 2. The summed E-state index contributed by atoms with van der Waals surface area (Å²) in [5.41, 5.74) is 1.70. The molecule has 0 aliphatic rings. The maximum Gasteiger partial charge on any atom is 0.264 e. The molecule has 0 spiro atoms. The van der Waals surface area contributed by atoms with E-state index in [1.165, 1.54) is 23.3 Å². The van der Waals surface area contributed by atoms with Crippen LogP contribution >= 0.6 is 11.3 Å². The van der Waals surface area contributed by atoms with Crippen molar-refractivity contribution in [1.29, 1.82) is 0 Å². The van der Waals surface area contributed by atoms with Gasteiger partial charge in [-0.3, -0.25) is 9.59 Å². The first-order chi connectivity index (χ1) is 14.3. The number of nitrogens with one attached hydrogen (secondary N) is 1. The zero-order valence-electron chi connectivity index (χ0n) is 17.5. The van der Waals surface area contributed by atoms with Gasteiger partial charge in [-0.2, -0.15) is 4.98 Å². The number of hydrogen-bond donors (Lipinski definition) is 1. The lowest BCUT2D eigenvalue weighted by Crippen LogP contribution is -2.35. The molecule has 0 saturated carbocycles. The van der Waals surface area contributed by atoms with Gasteiger partial charge >= 0.3 is 0 Å². The van der Waals surface area contributed by atoms with Gasteiger partial charge in [0.1, 0.15) is 17.3 Å². The number of rotatable bonds is 7. The zero-order valence-corrected chi connectivity index (χ0v) is 18.3. The van der Waals surface area contributed by atoms with Crippen LogP contribution in [0.5, 0.6) is 5.88 Å². The molecule has 2 amide bonds. The average Bonchev–Trinajstić information content (AvgIpc) is 3.03. The summed E-state index contributed by atoms with van der Waals surface area (Å²) >= 11 is 1.24. The summed E-state index contributed by atoms with van der Waals surface area (Å²) in [6.45, 7) is 3.85. The third-order valence-electron chi connectivity index (χ3n) is 4.37. The molecule has 3 rings (SSSR count). The Morgan fingerprint density at radius 1 is 1.23 bits per heavy atom. The summed E-state index contributed by atoms with van der Waals surface area (Å²) in [6, 6.07) is 3.60. The molecule has 30 heavy (non-hydrogen) atoms. The number of hydrogen-bond acceptors (Lipinski definition) is 8. The molecular weight excluding hydrogens is 406 g/mol. The largest absolute Gasteiger partial charge is 0.480 e. The Morgan fingerprint density at radius 2 is 2.00 bits per heavy atom. The van der Waals surface area contributed by atoms with Crippen LogP contribution in [0.1, 0.15) is 26.6 Å². The maximum absolute atomic E-state index is 13.0. The van der Waals surface area contributed by atoms with Crippen molar-refractivity contribution in [3.63, 3.8) is 0 Å². The van der Waals surface area contributed by atoms with Crippen LogP contribution < -0.4 is 10.1 Å². The Kier molecular flexibility index (Phi) is 6.58. The number of ether oxygens (including phenoxy) is 2. The van der Waals surface area contributed by atoms with Crippen LogP contribution in [-0.4, -0.2) is 59.5 Å². The minimum Gasteiger partial charge on any atom is -0.480 e. The molecule has 0 radical (unpaired) electrons. The van der Waals surface area contributed by atoms with Crippen molar-refractivity contribution >= 4 is 39.2 Å². The number of carbonyl (C=O) groups excluding carboxylic acids is 2. The van der Waals surface area contributed by atoms with Crippen LogP contribution in [0.15, 0.2) is 18.3 Å². The van der Waals surface area contributed by atoms with Crippen LogP contribution in [0.2, 0.25) is 0 Å². The lowest BCUT2D eigenvalue weighted by atomic mass is 10.2. The number of pyridine rings is 1. The van der Waals surface area contributed by atoms with Crippen molar-refractivity contribution < 1.29 is 19.1 Å². The minimum absolute atomic E-state index is 0.111. The second kappa shape index (κ2) is 9.14. The van der Waals surface area contributed by atoms with Crippen LogP contribution in [0.3, 0.4) is 0 Å². The monoisotopic (exact) mass is 429 g/mol. The molecule has 0 saturated heterocycles. The van der Waals surface area contributed by atoms with Crippen molar-refractivity contribution in [3.05, 3.63) is 40.2 Å². The van der Waals surface area contributed by atoms with Gasteiger partial charge in [0.15, 0.2) is 5.82 Å². The molecule has 0 aliphatic heterocycles. The van der Waals surface area contributed by atoms with Gasteiger partial charge in [0.2, 0.25) is 11.8 Å². The fraction of sp³-hybridized carbons (Fsp3) is 0.350. The van der Waals surface area contributed by atoms with Gasteiger partial charge in [-0.15, -0.1) is 11.3 Å². The fourth-order valence-electron chi connectivity index (χ4n) is 2.94. The van der Waals surface area contributed by atoms with Crippen LogP contribution in [-0.2, 0) is 16.1 Å². The van der Waals surface area contributed by atoms with Gasteiger partial charge in [0, 0.05) is 20.4 Å². The van der Waals surface area contributed by atoms with E-state index in [1.54, 1.807) is 26.4 Å². The predicted octanol–water partition coefficient (Wildman–Crippen LogP) is 2.57. The van der Waals surface area contributed by atoms with E-state index >= 15 is 0 Å². The summed E-state index contributed by atoms with van der Waals surface area (Å²) < 4.78 is 10.5. The average molecular weight is 430 g/mol. The molecule has 10 heteroatoms. The molecule has 0 aliphatic carbocycles. The number of fused-ring (bicyclic) bond motifs is 1. The highest BCUT2D eigenvalue weighted by atomic mass is 32.1. The molecule has 3 heterocycles. The van der Waals surface area contributed by atoms with Crippen LogP contribution in [0.4, 0.5) is 5.82 Å². The summed E-state index contributed by atoms with van der Waals surface area (Å²) in [4.78, 5) is 40.7. The number of aryl methyl sites for hydroxylation is 2. The highest BCUT2D eigenvalue weighted by Crippen LogP contribution is 2.35. The topological polar surface area (TPSA) is 107 Å². The molecule has 0 aromatic carbocycles. The summed E-state index contributed by atoms with van der Waals surface area (Å²) in [6.07, 6.45) is 1.62.